The first-order valence-corrected chi connectivity index (χ1v) is 4.41. The van der Waals surface area contributed by atoms with Crippen LogP contribution in [0.4, 0.5) is 0 Å². The van der Waals surface area contributed by atoms with Crippen molar-refractivity contribution in [3.05, 3.63) is 0 Å². The molecule has 0 spiro atoms. The SMILES string of the molecule is C1CCCCC1.CCC.O. The zero-order chi connectivity index (χ0) is 6.95. The first-order valence-electron chi connectivity index (χ1n) is 4.41. The van der Waals surface area contributed by atoms with E-state index in [0.717, 1.165) is 0 Å². The highest BCUT2D eigenvalue weighted by atomic mass is 16.0. The Bertz CT molecular complexity index is 28.5. The lowest BCUT2D eigenvalue weighted by Crippen LogP contribution is -1.85. The van der Waals surface area contributed by atoms with Gasteiger partial charge in [0, 0.05) is 0 Å². The summed E-state index contributed by atoms with van der Waals surface area (Å²) in [5, 5.41) is 0. The van der Waals surface area contributed by atoms with Crippen molar-refractivity contribution < 1.29 is 5.48 Å². The average Bonchev–Trinajstić information content (AvgIpc) is 1.93. The topological polar surface area (TPSA) is 31.5 Å². The summed E-state index contributed by atoms with van der Waals surface area (Å²) >= 11 is 0. The molecule has 0 bridgehead atoms. The van der Waals surface area contributed by atoms with E-state index in [-0.39, 0.29) is 5.48 Å². The van der Waals surface area contributed by atoms with Crippen molar-refractivity contribution in [1.82, 2.24) is 0 Å². The van der Waals surface area contributed by atoms with Crippen LogP contribution in [0.5, 0.6) is 0 Å². The zero-order valence-electron chi connectivity index (χ0n) is 7.45. The van der Waals surface area contributed by atoms with Crippen molar-refractivity contribution in [3.8, 4) is 0 Å². The van der Waals surface area contributed by atoms with Gasteiger partial charge in [0.05, 0.1) is 0 Å². The monoisotopic (exact) mass is 146 g/mol. The summed E-state index contributed by atoms with van der Waals surface area (Å²) in [4.78, 5) is 0. The van der Waals surface area contributed by atoms with Crippen molar-refractivity contribution in [2.45, 2.75) is 58.8 Å². The molecule has 1 aliphatic carbocycles. The molecule has 2 N–H and O–H groups in total. The maximum Gasteiger partial charge on any atom is -0.0533 e. The second-order valence-corrected chi connectivity index (χ2v) is 2.83. The van der Waals surface area contributed by atoms with Gasteiger partial charge >= 0.3 is 0 Å². The average molecular weight is 146 g/mol. The molecule has 0 saturated heterocycles. The molecule has 64 valence electrons. The van der Waals surface area contributed by atoms with Gasteiger partial charge in [0.15, 0.2) is 0 Å². The highest BCUT2D eigenvalue weighted by molar-refractivity contribution is 4.51. The van der Waals surface area contributed by atoms with Crippen molar-refractivity contribution in [2.24, 2.45) is 0 Å². The molecule has 0 unspecified atom stereocenters. The standard InChI is InChI=1S/C6H12.C3H8.H2O/c1-2-4-6-5-3-1;1-3-2;/h1-6H2;3H2,1-2H3;1H2. The summed E-state index contributed by atoms with van der Waals surface area (Å²) in [5.41, 5.74) is 0. The lowest BCUT2D eigenvalue weighted by molar-refractivity contribution is 0.504. The minimum Gasteiger partial charge on any atom is -0.412 e. The second kappa shape index (κ2) is 11.7. The Hall–Kier alpha value is -0.0400. The molecule has 1 fully saturated rings. The molecule has 0 radical (unpaired) electrons. The highest BCUT2D eigenvalue weighted by Crippen LogP contribution is 2.15. The van der Waals surface area contributed by atoms with E-state index in [1.54, 1.807) is 0 Å². The molecular formula is C9H22O. The van der Waals surface area contributed by atoms with Gasteiger partial charge < -0.3 is 5.48 Å². The summed E-state index contributed by atoms with van der Waals surface area (Å²) < 4.78 is 0. The molecule has 0 amide bonds. The summed E-state index contributed by atoms with van der Waals surface area (Å²) in [6, 6.07) is 0. The Morgan fingerprint density at radius 3 is 0.900 bits per heavy atom. The van der Waals surface area contributed by atoms with Crippen LogP contribution in [0.1, 0.15) is 58.8 Å². The zero-order valence-corrected chi connectivity index (χ0v) is 7.45. The van der Waals surface area contributed by atoms with Crippen LogP contribution in [0.15, 0.2) is 0 Å². The molecule has 1 aliphatic rings. The number of rotatable bonds is 0. The Kier molecular flexibility index (Phi) is 14.8. The first kappa shape index (κ1) is 12.6. The van der Waals surface area contributed by atoms with Crippen LogP contribution < -0.4 is 0 Å². The van der Waals surface area contributed by atoms with Gasteiger partial charge in [-0.15, -0.1) is 0 Å². The van der Waals surface area contributed by atoms with E-state index in [4.69, 9.17) is 0 Å². The molecule has 0 aromatic rings. The van der Waals surface area contributed by atoms with Gasteiger partial charge in [-0.3, -0.25) is 0 Å². The number of hydrogen-bond donors (Lipinski definition) is 0. The summed E-state index contributed by atoms with van der Waals surface area (Å²) in [5.74, 6) is 0. The minimum atomic E-state index is 0. The lowest BCUT2D eigenvalue weighted by atomic mass is 10.0. The smallest absolute Gasteiger partial charge is 0.0533 e. The van der Waals surface area contributed by atoms with E-state index in [0.29, 0.717) is 0 Å². The fourth-order valence-corrected chi connectivity index (χ4v) is 1.06. The van der Waals surface area contributed by atoms with E-state index in [1.807, 2.05) is 0 Å². The molecule has 0 aromatic heterocycles. The van der Waals surface area contributed by atoms with Gasteiger partial charge in [0.2, 0.25) is 0 Å². The Morgan fingerprint density at radius 2 is 0.800 bits per heavy atom. The summed E-state index contributed by atoms with van der Waals surface area (Å²) in [6.45, 7) is 4.25. The third kappa shape index (κ3) is 10.9. The normalized spacial score (nSPS) is 16.2. The maximum absolute atomic E-state index is 2.12. The van der Waals surface area contributed by atoms with Gasteiger partial charge in [-0.05, 0) is 0 Å². The fraction of sp³-hybridized carbons (Fsp3) is 1.00. The van der Waals surface area contributed by atoms with Crippen LogP contribution in [0.2, 0.25) is 0 Å². The Labute approximate surface area is 65.1 Å². The van der Waals surface area contributed by atoms with Crippen molar-refractivity contribution in [3.63, 3.8) is 0 Å². The van der Waals surface area contributed by atoms with Crippen LogP contribution in [0.25, 0.3) is 0 Å². The highest BCUT2D eigenvalue weighted by Gasteiger charge is 1.95. The lowest BCUT2D eigenvalue weighted by Gasteiger charge is -2.05. The second-order valence-electron chi connectivity index (χ2n) is 2.83. The third-order valence-corrected chi connectivity index (χ3v) is 1.50. The van der Waals surface area contributed by atoms with Gasteiger partial charge in [0.1, 0.15) is 0 Å². The van der Waals surface area contributed by atoms with Gasteiger partial charge in [-0.2, -0.15) is 0 Å². The van der Waals surface area contributed by atoms with Crippen molar-refractivity contribution >= 4 is 0 Å². The molecule has 1 nitrogen and oxygen atoms in total. The Morgan fingerprint density at radius 1 is 0.700 bits per heavy atom. The van der Waals surface area contributed by atoms with E-state index in [1.165, 1.54) is 44.9 Å². The Balaban J connectivity index is 0. The molecule has 1 heteroatoms. The van der Waals surface area contributed by atoms with Gasteiger partial charge in [0.25, 0.3) is 0 Å². The minimum absolute atomic E-state index is 0. The van der Waals surface area contributed by atoms with E-state index in [2.05, 4.69) is 13.8 Å². The van der Waals surface area contributed by atoms with Crippen molar-refractivity contribution in [2.75, 3.05) is 0 Å². The van der Waals surface area contributed by atoms with Crippen LogP contribution in [0.3, 0.4) is 0 Å². The first-order chi connectivity index (χ1) is 4.41. The van der Waals surface area contributed by atoms with Gasteiger partial charge in [-0.1, -0.05) is 58.8 Å². The predicted molar refractivity (Wildman–Crippen MR) is 47.3 cm³/mol. The van der Waals surface area contributed by atoms with E-state index in [9.17, 15) is 0 Å². The molecular weight excluding hydrogens is 124 g/mol. The summed E-state index contributed by atoms with van der Waals surface area (Å²) in [6.07, 6.45) is 10.2. The summed E-state index contributed by atoms with van der Waals surface area (Å²) in [7, 11) is 0. The van der Waals surface area contributed by atoms with Crippen molar-refractivity contribution in [1.29, 1.82) is 0 Å². The van der Waals surface area contributed by atoms with Gasteiger partial charge in [-0.25, -0.2) is 0 Å². The van der Waals surface area contributed by atoms with Crippen LogP contribution in [-0.4, -0.2) is 5.48 Å². The quantitative estimate of drug-likeness (QED) is 0.503. The fourth-order valence-electron chi connectivity index (χ4n) is 1.06. The maximum atomic E-state index is 2.12. The molecule has 0 heterocycles. The molecule has 0 aliphatic heterocycles. The molecule has 10 heavy (non-hydrogen) atoms. The third-order valence-electron chi connectivity index (χ3n) is 1.50. The molecule has 1 saturated carbocycles. The van der Waals surface area contributed by atoms with E-state index < -0.39 is 0 Å². The predicted octanol–water partition coefficient (Wildman–Crippen LogP) is 2.93. The van der Waals surface area contributed by atoms with E-state index >= 15 is 0 Å². The van der Waals surface area contributed by atoms with Crippen LogP contribution >= 0.6 is 0 Å². The molecule has 0 aromatic carbocycles. The number of hydrogen-bond acceptors (Lipinski definition) is 0. The molecule has 1 rings (SSSR count). The largest absolute Gasteiger partial charge is 0.412 e. The van der Waals surface area contributed by atoms with Crippen LogP contribution in [-0.2, 0) is 0 Å². The molecule has 0 atom stereocenters. The van der Waals surface area contributed by atoms with Crippen LogP contribution in [0, 0.1) is 0 Å².